The number of amides is 2. The molecule has 0 spiro atoms. The molecule has 0 bridgehead atoms. The summed E-state index contributed by atoms with van der Waals surface area (Å²) < 4.78 is 0. The van der Waals surface area contributed by atoms with Crippen LogP contribution in [-0.4, -0.2) is 34.6 Å². The summed E-state index contributed by atoms with van der Waals surface area (Å²) in [5.41, 5.74) is 2.65. The molecular weight excluding hydrogens is 535 g/mol. The Morgan fingerprint density at radius 2 is 1.58 bits per heavy atom. The Bertz CT molecular complexity index is 1170. The van der Waals surface area contributed by atoms with E-state index in [2.05, 4.69) is 5.32 Å². The van der Waals surface area contributed by atoms with Gasteiger partial charge in [-0.15, -0.1) is 11.8 Å². The van der Waals surface area contributed by atoms with Crippen molar-refractivity contribution in [2.45, 2.75) is 44.6 Å². The number of nitrogens with one attached hydrogen (secondary N) is 1. The van der Waals surface area contributed by atoms with Crippen molar-refractivity contribution >= 4 is 58.4 Å². The molecule has 1 N–H and O–H groups in total. The van der Waals surface area contributed by atoms with Gasteiger partial charge in [0.1, 0.15) is 6.04 Å². The maximum Gasteiger partial charge on any atom is 0.243 e. The fourth-order valence-corrected chi connectivity index (χ4v) is 5.38. The van der Waals surface area contributed by atoms with Crippen LogP contribution in [0.2, 0.25) is 15.1 Å². The van der Waals surface area contributed by atoms with Crippen molar-refractivity contribution in [3.05, 3.63) is 105 Å². The zero-order chi connectivity index (χ0) is 26.1. The minimum atomic E-state index is -0.713. The van der Waals surface area contributed by atoms with E-state index in [4.69, 9.17) is 34.8 Å². The van der Waals surface area contributed by atoms with E-state index in [0.717, 1.165) is 16.7 Å². The summed E-state index contributed by atoms with van der Waals surface area (Å²) in [7, 11) is 0. The third-order valence-corrected chi connectivity index (χ3v) is 7.42. The van der Waals surface area contributed by atoms with Crippen LogP contribution in [0.15, 0.2) is 72.8 Å². The summed E-state index contributed by atoms with van der Waals surface area (Å²) in [6, 6.07) is 21.7. The maximum atomic E-state index is 13.6. The first kappa shape index (κ1) is 28.4. The van der Waals surface area contributed by atoms with Gasteiger partial charge in [-0.1, -0.05) is 89.4 Å². The average molecular weight is 564 g/mol. The van der Waals surface area contributed by atoms with Crippen LogP contribution in [0.25, 0.3) is 0 Å². The lowest BCUT2D eigenvalue weighted by Crippen LogP contribution is -2.52. The molecule has 0 aliphatic rings. The fraction of sp³-hybridized carbons (Fsp3) is 0.286. The van der Waals surface area contributed by atoms with E-state index in [1.807, 2.05) is 68.4 Å². The Balaban J connectivity index is 1.88. The van der Waals surface area contributed by atoms with Crippen molar-refractivity contribution in [1.29, 1.82) is 0 Å². The van der Waals surface area contributed by atoms with Gasteiger partial charge in [-0.05, 0) is 48.7 Å². The van der Waals surface area contributed by atoms with Gasteiger partial charge >= 0.3 is 0 Å². The Hall–Kier alpha value is -2.18. The van der Waals surface area contributed by atoms with Gasteiger partial charge in [0.05, 0.1) is 5.75 Å². The molecule has 3 aromatic carbocycles. The quantitative estimate of drug-likeness (QED) is 0.272. The van der Waals surface area contributed by atoms with Gasteiger partial charge in [0.25, 0.3) is 0 Å². The molecule has 0 aliphatic heterocycles. The molecule has 3 rings (SSSR count). The number of hydrogen-bond donors (Lipinski definition) is 1. The van der Waals surface area contributed by atoms with Crippen LogP contribution in [0.3, 0.4) is 0 Å². The number of carbonyl (C=O) groups excluding carboxylic acids is 2. The molecule has 2 amide bonds. The topological polar surface area (TPSA) is 49.4 Å². The molecule has 8 heteroatoms. The average Bonchev–Trinajstić information content (AvgIpc) is 2.84. The van der Waals surface area contributed by atoms with E-state index in [-0.39, 0.29) is 30.2 Å². The van der Waals surface area contributed by atoms with E-state index in [9.17, 15) is 9.59 Å². The summed E-state index contributed by atoms with van der Waals surface area (Å²) in [4.78, 5) is 28.7. The van der Waals surface area contributed by atoms with Crippen LogP contribution in [0.4, 0.5) is 0 Å². The van der Waals surface area contributed by atoms with Crippen LogP contribution >= 0.6 is 46.6 Å². The highest BCUT2D eigenvalue weighted by atomic mass is 35.5. The van der Waals surface area contributed by atoms with Gasteiger partial charge in [0, 0.05) is 39.8 Å². The SMILES string of the molecule is CC(C)NC(=O)[C@H](Cc1ccccc1)N(Cc1ccc(Cl)cc1Cl)C(=O)CSCc1ccccc1Cl. The lowest BCUT2D eigenvalue weighted by molar-refractivity contribution is -0.139. The van der Waals surface area contributed by atoms with Gasteiger partial charge in [0.15, 0.2) is 0 Å². The molecule has 0 saturated carbocycles. The molecule has 190 valence electrons. The molecular formula is C28H29Cl3N2O2S. The van der Waals surface area contributed by atoms with E-state index >= 15 is 0 Å². The molecule has 1 atom stereocenters. The van der Waals surface area contributed by atoms with E-state index in [0.29, 0.717) is 27.2 Å². The second-order valence-electron chi connectivity index (χ2n) is 8.71. The third-order valence-electron chi connectivity index (χ3n) is 5.50. The normalized spacial score (nSPS) is 11.8. The minimum Gasteiger partial charge on any atom is -0.352 e. The number of rotatable bonds is 11. The second-order valence-corrected chi connectivity index (χ2v) is 10.9. The first-order valence-electron chi connectivity index (χ1n) is 11.6. The Labute approximate surface area is 232 Å². The minimum absolute atomic E-state index is 0.0681. The van der Waals surface area contributed by atoms with Gasteiger partial charge in [0.2, 0.25) is 11.8 Å². The highest BCUT2D eigenvalue weighted by Gasteiger charge is 2.31. The van der Waals surface area contributed by atoms with Crippen LogP contribution in [0.5, 0.6) is 0 Å². The predicted molar refractivity (Wildman–Crippen MR) is 152 cm³/mol. The molecule has 0 saturated heterocycles. The number of hydrogen-bond acceptors (Lipinski definition) is 3. The molecule has 0 heterocycles. The van der Waals surface area contributed by atoms with Crippen LogP contribution in [-0.2, 0) is 28.3 Å². The van der Waals surface area contributed by atoms with Crippen molar-refractivity contribution in [3.63, 3.8) is 0 Å². The molecule has 0 unspecified atom stereocenters. The molecule has 0 aliphatic carbocycles. The maximum absolute atomic E-state index is 13.6. The molecule has 3 aromatic rings. The van der Waals surface area contributed by atoms with E-state index < -0.39 is 6.04 Å². The lowest BCUT2D eigenvalue weighted by atomic mass is 10.0. The number of halogens is 3. The molecule has 0 aromatic heterocycles. The predicted octanol–water partition coefficient (Wildman–Crippen LogP) is 7.04. The fourth-order valence-electron chi connectivity index (χ4n) is 3.71. The Morgan fingerprint density at radius 1 is 0.889 bits per heavy atom. The van der Waals surface area contributed by atoms with E-state index in [1.54, 1.807) is 23.1 Å². The number of benzene rings is 3. The third kappa shape index (κ3) is 8.45. The van der Waals surface area contributed by atoms with Crippen LogP contribution in [0.1, 0.15) is 30.5 Å². The van der Waals surface area contributed by atoms with Gasteiger partial charge in [-0.25, -0.2) is 0 Å². The zero-order valence-electron chi connectivity index (χ0n) is 20.2. The number of nitrogens with zero attached hydrogens (tertiary/aromatic N) is 1. The summed E-state index contributed by atoms with van der Waals surface area (Å²) >= 11 is 20.3. The van der Waals surface area contributed by atoms with Crippen molar-refractivity contribution in [2.75, 3.05) is 5.75 Å². The number of thioether (sulfide) groups is 1. The largest absolute Gasteiger partial charge is 0.352 e. The smallest absolute Gasteiger partial charge is 0.243 e. The highest BCUT2D eigenvalue weighted by molar-refractivity contribution is 7.99. The standard InChI is InChI=1S/C28H29Cl3N2O2S/c1-19(2)32-28(35)26(14-20-8-4-3-5-9-20)33(16-21-12-13-23(29)15-25(21)31)27(34)18-36-17-22-10-6-7-11-24(22)30/h3-13,15,19,26H,14,16-18H2,1-2H3,(H,32,35)/t26-/m0/s1. The second kappa shape index (κ2) is 13.9. The summed E-state index contributed by atoms with van der Waals surface area (Å²) in [5, 5.41) is 4.61. The summed E-state index contributed by atoms with van der Waals surface area (Å²) in [6.07, 6.45) is 0.380. The summed E-state index contributed by atoms with van der Waals surface area (Å²) in [6.45, 7) is 3.99. The van der Waals surface area contributed by atoms with Crippen molar-refractivity contribution in [2.24, 2.45) is 0 Å². The highest BCUT2D eigenvalue weighted by Crippen LogP contribution is 2.26. The van der Waals surface area contributed by atoms with Gasteiger partial charge in [-0.3, -0.25) is 9.59 Å². The van der Waals surface area contributed by atoms with Crippen molar-refractivity contribution < 1.29 is 9.59 Å². The lowest BCUT2D eigenvalue weighted by Gasteiger charge is -2.32. The first-order valence-corrected chi connectivity index (χ1v) is 13.9. The number of carbonyl (C=O) groups is 2. The van der Waals surface area contributed by atoms with Crippen molar-refractivity contribution in [3.8, 4) is 0 Å². The van der Waals surface area contributed by atoms with E-state index in [1.165, 1.54) is 11.8 Å². The molecule has 0 radical (unpaired) electrons. The van der Waals surface area contributed by atoms with Gasteiger partial charge in [-0.2, -0.15) is 0 Å². The van der Waals surface area contributed by atoms with Crippen LogP contribution in [0, 0.1) is 0 Å². The summed E-state index contributed by atoms with van der Waals surface area (Å²) in [5.74, 6) is 0.417. The zero-order valence-corrected chi connectivity index (χ0v) is 23.3. The molecule has 0 fully saturated rings. The molecule has 4 nitrogen and oxygen atoms in total. The monoisotopic (exact) mass is 562 g/mol. The Morgan fingerprint density at radius 3 is 2.25 bits per heavy atom. The van der Waals surface area contributed by atoms with Gasteiger partial charge < -0.3 is 10.2 Å². The first-order chi connectivity index (χ1) is 17.2. The van der Waals surface area contributed by atoms with Crippen LogP contribution < -0.4 is 5.32 Å². The van der Waals surface area contributed by atoms with Crippen molar-refractivity contribution in [1.82, 2.24) is 10.2 Å². The molecule has 36 heavy (non-hydrogen) atoms. The Kier molecular flexibility index (Phi) is 11.0.